The van der Waals surface area contributed by atoms with E-state index in [1.807, 2.05) is 0 Å². The maximum absolute atomic E-state index is 5.09. The van der Waals surface area contributed by atoms with Crippen molar-refractivity contribution in [1.82, 2.24) is 4.98 Å². The maximum Gasteiger partial charge on any atom is 0.0718 e. The van der Waals surface area contributed by atoms with Gasteiger partial charge in [-0.15, -0.1) is 0 Å². The van der Waals surface area contributed by atoms with Gasteiger partial charge in [-0.3, -0.25) is 0 Å². The molecule has 1 unspecified atom stereocenters. The molecule has 1 heterocycles. The summed E-state index contributed by atoms with van der Waals surface area (Å²) in [6.07, 6.45) is 1.13. The van der Waals surface area contributed by atoms with Gasteiger partial charge in [0, 0.05) is 10.9 Å². The van der Waals surface area contributed by atoms with Crippen LogP contribution in [0, 0.1) is 13.8 Å². The summed E-state index contributed by atoms with van der Waals surface area (Å²) < 4.78 is 0. The van der Waals surface area contributed by atoms with Gasteiger partial charge < -0.3 is 0 Å². The number of hydrogen-bond acceptors (Lipinski definition) is 1. The summed E-state index contributed by atoms with van der Waals surface area (Å²) in [7, 11) is 0. The molecule has 1 atom stereocenters. The predicted molar refractivity (Wildman–Crippen MR) is 121 cm³/mol. The molecule has 0 saturated heterocycles. The Hall–Kier alpha value is -2.93. The lowest BCUT2D eigenvalue weighted by Gasteiger charge is -2.14. The number of nitrogens with zero attached hydrogens (tertiary/aromatic N) is 1. The Bertz CT molecular complexity index is 1110. The largest absolute Gasteiger partial charge is 0.248 e. The summed E-state index contributed by atoms with van der Waals surface area (Å²) in [5, 5.41) is 1.21. The van der Waals surface area contributed by atoms with Crippen molar-refractivity contribution in [1.29, 1.82) is 0 Å². The molecule has 0 amide bonds. The minimum absolute atomic E-state index is 0.538. The Kier molecular flexibility index (Phi) is 5.00. The average molecular weight is 366 g/mol. The number of pyridine rings is 1. The Morgan fingerprint density at radius 3 is 2.18 bits per heavy atom. The van der Waals surface area contributed by atoms with Gasteiger partial charge in [0.1, 0.15) is 0 Å². The quantitative estimate of drug-likeness (QED) is 0.361. The molecule has 3 aromatic carbocycles. The molecule has 0 radical (unpaired) electrons. The Morgan fingerprint density at radius 1 is 0.786 bits per heavy atom. The number of hydrogen-bond donors (Lipinski definition) is 0. The Labute approximate surface area is 168 Å². The van der Waals surface area contributed by atoms with Crippen molar-refractivity contribution in [2.75, 3.05) is 0 Å². The van der Waals surface area contributed by atoms with Gasteiger partial charge in [0.15, 0.2) is 0 Å². The van der Waals surface area contributed by atoms with Crippen molar-refractivity contribution >= 4 is 10.9 Å². The van der Waals surface area contributed by atoms with E-state index in [1.54, 1.807) is 0 Å². The number of aromatic nitrogens is 1. The highest BCUT2D eigenvalue weighted by atomic mass is 14.7. The Balaban J connectivity index is 2.00. The highest BCUT2D eigenvalue weighted by Gasteiger charge is 2.12. The SMILES string of the molecule is CCC(C)c1ccc2c(-c3ccccc3)cc(-c3cc(C)cc(C)c3)nc2c1. The molecule has 4 rings (SSSR count). The van der Waals surface area contributed by atoms with Crippen LogP contribution in [0.2, 0.25) is 0 Å². The highest BCUT2D eigenvalue weighted by Crippen LogP contribution is 2.34. The van der Waals surface area contributed by atoms with Gasteiger partial charge in [-0.2, -0.15) is 0 Å². The zero-order valence-corrected chi connectivity index (χ0v) is 17.2. The summed E-state index contributed by atoms with van der Waals surface area (Å²) in [6.45, 7) is 8.82. The molecule has 0 fully saturated rings. The molecule has 1 aromatic heterocycles. The standard InChI is InChI=1S/C27H27N/c1-5-20(4)22-11-12-24-25(21-9-7-6-8-10-21)17-26(28-27(24)16-22)23-14-18(2)13-19(3)15-23/h6-17,20H,5H2,1-4H3. The van der Waals surface area contributed by atoms with Gasteiger partial charge in [-0.25, -0.2) is 4.98 Å². The zero-order chi connectivity index (χ0) is 19.7. The molecule has 1 heteroatoms. The average Bonchev–Trinajstić information content (AvgIpc) is 2.71. The van der Waals surface area contributed by atoms with Gasteiger partial charge in [0.25, 0.3) is 0 Å². The second-order valence-electron chi connectivity index (χ2n) is 7.88. The topological polar surface area (TPSA) is 12.9 Å². The van der Waals surface area contributed by atoms with Crippen LogP contribution in [0.3, 0.4) is 0 Å². The van der Waals surface area contributed by atoms with E-state index in [0.29, 0.717) is 5.92 Å². The Morgan fingerprint density at radius 2 is 1.50 bits per heavy atom. The normalized spacial score (nSPS) is 12.3. The number of fused-ring (bicyclic) bond motifs is 1. The van der Waals surface area contributed by atoms with E-state index < -0.39 is 0 Å². The lowest BCUT2D eigenvalue weighted by molar-refractivity contribution is 0.734. The van der Waals surface area contributed by atoms with E-state index in [1.165, 1.54) is 38.8 Å². The van der Waals surface area contributed by atoms with Crippen molar-refractivity contribution in [2.24, 2.45) is 0 Å². The van der Waals surface area contributed by atoms with Crippen molar-refractivity contribution in [3.05, 3.63) is 89.5 Å². The first-order valence-electron chi connectivity index (χ1n) is 10.1. The van der Waals surface area contributed by atoms with Gasteiger partial charge in [0.05, 0.1) is 11.2 Å². The first kappa shape index (κ1) is 18.4. The lowest BCUT2D eigenvalue weighted by atomic mass is 9.93. The van der Waals surface area contributed by atoms with Crippen LogP contribution in [-0.4, -0.2) is 4.98 Å². The fourth-order valence-electron chi connectivity index (χ4n) is 3.91. The second kappa shape index (κ2) is 7.59. The van der Waals surface area contributed by atoms with E-state index >= 15 is 0 Å². The minimum Gasteiger partial charge on any atom is -0.248 e. The summed E-state index contributed by atoms with van der Waals surface area (Å²) in [4.78, 5) is 5.09. The zero-order valence-electron chi connectivity index (χ0n) is 17.2. The molecule has 0 aliphatic rings. The van der Waals surface area contributed by atoms with Crippen molar-refractivity contribution in [3.8, 4) is 22.4 Å². The molecule has 4 aromatic rings. The number of benzene rings is 3. The third-order valence-corrected chi connectivity index (χ3v) is 5.62. The summed E-state index contributed by atoms with van der Waals surface area (Å²) in [5.74, 6) is 0.538. The van der Waals surface area contributed by atoms with Crippen LogP contribution in [0.4, 0.5) is 0 Å². The summed E-state index contributed by atoms with van der Waals surface area (Å²) in [5.41, 5.74) is 9.68. The molecular formula is C27H27N. The molecule has 28 heavy (non-hydrogen) atoms. The fraction of sp³-hybridized carbons (Fsp3) is 0.222. The number of aryl methyl sites for hydroxylation is 2. The predicted octanol–water partition coefficient (Wildman–Crippen LogP) is 7.70. The molecule has 0 spiro atoms. The first-order valence-corrected chi connectivity index (χ1v) is 10.1. The summed E-state index contributed by atoms with van der Waals surface area (Å²) in [6, 6.07) is 26.4. The van der Waals surface area contributed by atoms with E-state index in [-0.39, 0.29) is 0 Å². The van der Waals surface area contributed by atoms with E-state index in [4.69, 9.17) is 4.98 Å². The van der Waals surface area contributed by atoms with Crippen LogP contribution in [0.1, 0.15) is 42.9 Å². The molecule has 140 valence electrons. The second-order valence-corrected chi connectivity index (χ2v) is 7.88. The van der Waals surface area contributed by atoms with Crippen molar-refractivity contribution < 1.29 is 0 Å². The fourth-order valence-corrected chi connectivity index (χ4v) is 3.91. The molecule has 1 nitrogen and oxygen atoms in total. The number of rotatable bonds is 4. The van der Waals surface area contributed by atoms with Gasteiger partial charge in [-0.1, -0.05) is 73.5 Å². The van der Waals surface area contributed by atoms with Crippen LogP contribution in [0.15, 0.2) is 72.8 Å². The van der Waals surface area contributed by atoms with E-state index in [9.17, 15) is 0 Å². The molecule has 0 aliphatic heterocycles. The molecular weight excluding hydrogens is 338 g/mol. The smallest absolute Gasteiger partial charge is 0.0718 e. The van der Waals surface area contributed by atoms with Crippen LogP contribution >= 0.6 is 0 Å². The van der Waals surface area contributed by atoms with Gasteiger partial charge in [0.2, 0.25) is 0 Å². The van der Waals surface area contributed by atoms with Gasteiger partial charge >= 0.3 is 0 Å². The van der Waals surface area contributed by atoms with Crippen LogP contribution in [0.25, 0.3) is 33.3 Å². The monoisotopic (exact) mass is 365 g/mol. The summed E-state index contributed by atoms with van der Waals surface area (Å²) >= 11 is 0. The van der Waals surface area contributed by atoms with Crippen LogP contribution in [0.5, 0.6) is 0 Å². The molecule has 0 saturated carbocycles. The van der Waals surface area contributed by atoms with E-state index in [2.05, 4.69) is 100 Å². The third kappa shape index (κ3) is 3.57. The minimum atomic E-state index is 0.538. The molecule has 0 aliphatic carbocycles. The van der Waals surface area contributed by atoms with E-state index in [0.717, 1.165) is 17.6 Å². The highest BCUT2D eigenvalue weighted by molar-refractivity contribution is 5.97. The van der Waals surface area contributed by atoms with Crippen molar-refractivity contribution in [3.63, 3.8) is 0 Å². The third-order valence-electron chi connectivity index (χ3n) is 5.62. The van der Waals surface area contributed by atoms with Gasteiger partial charge in [-0.05, 0) is 67.1 Å². The molecule has 0 bridgehead atoms. The molecule has 0 N–H and O–H groups in total. The van der Waals surface area contributed by atoms with Crippen molar-refractivity contribution in [2.45, 2.75) is 40.0 Å². The van der Waals surface area contributed by atoms with Crippen LogP contribution in [-0.2, 0) is 0 Å². The first-order chi connectivity index (χ1) is 13.5. The maximum atomic E-state index is 5.09. The lowest BCUT2D eigenvalue weighted by Crippen LogP contribution is -1.95. The van der Waals surface area contributed by atoms with Crippen LogP contribution < -0.4 is 0 Å².